The van der Waals surface area contributed by atoms with Crippen molar-refractivity contribution >= 4 is 34.5 Å². The van der Waals surface area contributed by atoms with Crippen LogP contribution in [0, 0.1) is 0 Å². The molecule has 1 aliphatic rings. The third kappa shape index (κ3) is 3.75. The predicted molar refractivity (Wildman–Crippen MR) is 100 cm³/mol. The van der Waals surface area contributed by atoms with Crippen molar-refractivity contribution in [2.45, 2.75) is 18.1 Å². The van der Waals surface area contributed by atoms with Crippen LogP contribution in [-0.2, 0) is 27.8 Å². The predicted octanol–water partition coefficient (Wildman–Crippen LogP) is 0.983. The second-order valence-corrected chi connectivity index (χ2v) is 7.44. The molecule has 0 spiro atoms. The summed E-state index contributed by atoms with van der Waals surface area (Å²) in [7, 11) is 3.03. The largest absolute Gasteiger partial charge is 0.468 e. The molecule has 3 rings (SSSR count). The normalized spacial score (nSPS) is 17.3. The number of carbonyl (C=O) groups is 2. The first-order valence-corrected chi connectivity index (χ1v) is 9.48. The Balaban J connectivity index is 1.70. The molecule has 138 valence electrons. The number of benzene rings is 1. The molecule has 1 saturated heterocycles. The maximum absolute atomic E-state index is 12.5. The van der Waals surface area contributed by atoms with Gasteiger partial charge in [0.05, 0.1) is 18.0 Å². The molecule has 1 aliphatic heterocycles. The number of nitrogens with zero attached hydrogens (tertiary/aromatic N) is 3. The van der Waals surface area contributed by atoms with Crippen LogP contribution in [0.1, 0.15) is 12.2 Å². The van der Waals surface area contributed by atoms with Crippen molar-refractivity contribution < 1.29 is 14.3 Å². The van der Waals surface area contributed by atoms with Crippen molar-refractivity contribution in [3.8, 4) is 0 Å². The van der Waals surface area contributed by atoms with Gasteiger partial charge in [-0.15, -0.1) is 11.8 Å². The minimum Gasteiger partial charge on any atom is -0.468 e. The van der Waals surface area contributed by atoms with Crippen LogP contribution in [0.2, 0.25) is 0 Å². The quantitative estimate of drug-likeness (QED) is 0.741. The average molecular weight is 375 g/mol. The number of para-hydroxylation sites is 1. The molecular weight excluding hydrogens is 354 g/mol. The van der Waals surface area contributed by atoms with Crippen molar-refractivity contribution in [3.05, 3.63) is 40.4 Å². The summed E-state index contributed by atoms with van der Waals surface area (Å²) >= 11 is 1.51. The summed E-state index contributed by atoms with van der Waals surface area (Å²) in [5.74, 6) is 0.948. The van der Waals surface area contributed by atoms with Gasteiger partial charge >= 0.3 is 5.97 Å². The second-order valence-electron chi connectivity index (χ2n) is 6.13. The number of methoxy groups -OCH3 is 1. The Morgan fingerprint density at radius 1 is 1.35 bits per heavy atom. The van der Waals surface area contributed by atoms with E-state index in [1.165, 1.54) is 23.4 Å². The molecule has 0 bridgehead atoms. The van der Waals surface area contributed by atoms with Gasteiger partial charge in [0.2, 0.25) is 5.91 Å². The summed E-state index contributed by atoms with van der Waals surface area (Å²) < 4.78 is 6.27. The molecule has 26 heavy (non-hydrogen) atoms. The monoisotopic (exact) mass is 375 g/mol. The molecule has 2 aromatic rings. The van der Waals surface area contributed by atoms with Crippen LogP contribution in [0.3, 0.4) is 0 Å². The molecule has 0 aliphatic carbocycles. The fourth-order valence-corrected chi connectivity index (χ4v) is 4.14. The third-order valence-electron chi connectivity index (χ3n) is 4.52. The summed E-state index contributed by atoms with van der Waals surface area (Å²) in [4.78, 5) is 42.9. The van der Waals surface area contributed by atoms with Gasteiger partial charge in [0.1, 0.15) is 11.1 Å². The number of carbonyl (C=O) groups excluding carboxylic acids is 2. The second kappa shape index (κ2) is 7.90. The number of aryl methyl sites for hydroxylation is 1. The van der Waals surface area contributed by atoms with Crippen molar-refractivity contribution in [1.82, 2.24) is 14.5 Å². The standard InChI is InChI=1S/C18H21N3O4S/c1-20-15(19-13-6-4-3-5-12(13)17(20)23)7-8-16(22)21-9-10-26-14(11-21)18(24)25-2/h3-6,14H,7-11H2,1-2H3/t14-/m0/s1. The van der Waals surface area contributed by atoms with E-state index < -0.39 is 0 Å². The minimum absolute atomic E-state index is 0.0402. The Labute approximate surface area is 155 Å². The van der Waals surface area contributed by atoms with Crippen LogP contribution in [-0.4, -0.2) is 57.5 Å². The van der Waals surface area contributed by atoms with Gasteiger partial charge in [-0.25, -0.2) is 4.98 Å². The molecule has 0 unspecified atom stereocenters. The molecule has 0 saturated carbocycles. The fourth-order valence-electron chi connectivity index (χ4n) is 3.01. The van der Waals surface area contributed by atoms with E-state index in [4.69, 9.17) is 4.74 Å². The van der Waals surface area contributed by atoms with Crippen LogP contribution >= 0.6 is 11.8 Å². The van der Waals surface area contributed by atoms with E-state index in [1.807, 2.05) is 6.07 Å². The third-order valence-corrected chi connectivity index (χ3v) is 5.68. The SMILES string of the molecule is COC(=O)[C@@H]1CN(C(=O)CCc2nc3ccccc3c(=O)n2C)CCS1. The van der Waals surface area contributed by atoms with Gasteiger partial charge in [0, 0.05) is 38.7 Å². The molecule has 2 heterocycles. The highest BCUT2D eigenvalue weighted by molar-refractivity contribution is 8.00. The van der Waals surface area contributed by atoms with Gasteiger partial charge in [-0.05, 0) is 12.1 Å². The van der Waals surface area contributed by atoms with E-state index in [1.54, 1.807) is 30.1 Å². The first-order chi connectivity index (χ1) is 12.5. The molecule has 1 atom stereocenters. The summed E-state index contributed by atoms with van der Waals surface area (Å²) in [6.07, 6.45) is 0.624. The number of fused-ring (bicyclic) bond motifs is 1. The maximum atomic E-state index is 12.5. The minimum atomic E-state index is -0.333. The van der Waals surface area contributed by atoms with Gasteiger partial charge in [-0.1, -0.05) is 12.1 Å². The number of aromatic nitrogens is 2. The van der Waals surface area contributed by atoms with Crippen molar-refractivity contribution in [1.29, 1.82) is 0 Å². The zero-order valence-electron chi connectivity index (χ0n) is 14.8. The molecule has 0 N–H and O–H groups in total. The Kier molecular flexibility index (Phi) is 5.61. The molecule has 1 fully saturated rings. The number of hydrogen-bond acceptors (Lipinski definition) is 6. The maximum Gasteiger partial charge on any atom is 0.320 e. The lowest BCUT2D eigenvalue weighted by molar-refractivity contribution is -0.141. The van der Waals surface area contributed by atoms with Gasteiger partial charge in [0.15, 0.2) is 0 Å². The van der Waals surface area contributed by atoms with Crippen molar-refractivity contribution in [2.24, 2.45) is 7.05 Å². The lowest BCUT2D eigenvalue weighted by Gasteiger charge is -2.31. The summed E-state index contributed by atoms with van der Waals surface area (Å²) in [5, 5.41) is 0.236. The Morgan fingerprint density at radius 2 is 2.12 bits per heavy atom. The van der Waals surface area contributed by atoms with Crippen LogP contribution in [0.15, 0.2) is 29.1 Å². The van der Waals surface area contributed by atoms with E-state index in [0.717, 1.165) is 0 Å². The van der Waals surface area contributed by atoms with Crippen molar-refractivity contribution in [3.63, 3.8) is 0 Å². The number of rotatable bonds is 4. The van der Waals surface area contributed by atoms with Crippen LogP contribution in [0.25, 0.3) is 10.9 Å². The summed E-state index contributed by atoms with van der Waals surface area (Å²) in [6.45, 7) is 0.974. The zero-order valence-corrected chi connectivity index (χ0v) is 15.6. The lowest BCUT2D eigenvalue weighted by Crippen LogP contribution is -2.45. The zero-order chi connectivity index (χ0) is 18.7. The Morgan fingerprint density at radius 3 is 2.88 bits per heavy atom. The van der Waals surface area contributed by atoms with E-state index >= 15 is 0 Å². The highest BCUT2D eigenvalue weighted by Crippen LogP contribution is 2.20. The van der Waals surface area contributed by atoms with Gasteiger partial charge in [-0.2, -0.15) is 0 Å². The van der Waals surface area contributed by atoms with Gasteiger partial charge < -0.3 is 9.64 Å². The smallest absolute Gasteiger partial charge is 0.320 e. The molecule has 8 heteroatoms. The van der Waals surface area contributed by atoms with E-state index in [-0.39, 0.29) is 29.1 Å². The average Bonchev–Trinajstić information content (AvgIpc) is 2.68. The molecular formula is C18H21N3O4S. The van der Waals surface area contributed by atoms with E-state index in [9.17, 15) is 14.4 Å². The fraction of sp³-hybridized carbons (Fsp3) is 0.444. The van der Waals surface area contributed by atoms with Gasteiger partial charge in [-0.3, -0.25) is 19.0 Å². The van der Waals surface area contributed by atoms with E-state index in [0.29, 0.717) is 42.0 Å². The summed E-state index contributed by atoms with van der Waals surface area (Å²) in [6, 6.07) is 7.19. The molecule has 1 aromatic carbocycles. The lowest BCUT2D eigenvalue weighted by atomic mass is 10.2. The number of thioether (sulfide) groups is 1. The Bertz CT molecular complexity index is 896. The first kappa shape index (κ1) is 18.4. The molecule has 7 nitrogen and oxygen atoms in total. The highest BCUT2D eigenvalue weighted by atomic mass is 32.2. The number of amides is 1. The first-order valence-electron chi connectivity index (χ1n) is 8.43. The highest BCUT2D eigenvalue weighted by Gasteiger charge is 2.29. The number of ether oxygens (including phenoxy) is 1. The molecule has 1 aromatic heterocycles. The number of hydrogen-bond donors (Lipinski definition) is 0. The van der Waals surface area contributed by atoms with Crippen LogP contribution < -0.4 is 5.56 Å². The topological polar surface area (TPSA) is 81.5 Å². The van der Waals surface area contributed by atoms with E-state index in [2.05, 4.69) is 4.98 Å². The molecule has 1 amide bonds. The Hall–Kier alpha value is -2.35. The summed E-state index contributed by atoms with van der Waals surface area (Å²) in [5.41, 5.74) is 0.524. The van der Waals surface area contributed by atoms with Gasteiger partial charge in [0.25, 0.3) is 5.56 Å². The van der Waals surface area contributed by atoms with Crippen LogP contribution in [0.4, 0.5) is 0 Å². The van der Waals surface area contributed by atoms with Crippen molar-refractivity contribution in [2.75, 3.05) is 26.0 Å². The van der Waals surface area contributed by atoms with Crippen LogP contribution in [0.5, 0.6) is 0 Å². The molecule has 0 radical (unpaired) electrons. The number of esters is 1.